The summed E-state index contributed by atoms with van der Waals surface area (Å²) >= 11 is 3.39. The zero-order valence-electron chi connectivity index (χ0n) is 18.8. The highest BCUT2D eigenvalue weighted by Gasteiger charge is 2.13. The molecular formula is C25H20BrFN4O4. The maximum absolute atomic E-state index is 14.0. The number of rotatable bonds is 8. The van der Waals surface area contributed by atoms with Crippen molar-refractivity contribution in [3.05, 3.63) is 87.1 Å². The normalized spacial score (nSPS) is 10.5. The number of halogens is 2. The summed E-state index contributed by atoms with van der Waals surface area (Å²) in [7, 11) is 1.44. The van der Waals surface area contributed by atoms with E-state index in [9.17, 15) is 14.0 Å². The summed E-state index contributed by atoms with van der Waals surface area (Å²) in [5.41, 5.74) is 4.36. The van der Waals surface area contributed by atoms with E-state index < -0.39 is 11.7 Å². The SMILES string of the molecule is COc1cc(/C=N\NC(=O)c2ccc(C#N)cc2F)c(Br)cc1OCC(=O)Nc1ccc(C)cc1. The van der Waals surface area contributed by atoms with Gasteiger partial charge in [0.15, 0.2) is 18.1 Å². The van der Waals surface area contributed by atoms with E-state index in [4.69, 9.17) is 14.7 Å². The number of hydrogen-bond acceptors (Lipinski definition) is 6. The molecule has 178 valence electrons. The minimum Gasteiger partial charge on any atom is -0.493 e. The largest absolute Gasteiger partial charge is 0.493 e. The van der Waals surface area contributed by atoms with E-state index in [1.54, 1.807) is 30.3 Å². The van der Waals surface area contributed by atoms with Crippen LogP contribution in [-0.4, -0.2) is 31.7 Å². The fourth-order valence-corrected chi connectivity index (χ4v) is 3.31. The minimum atomic E-state index is -0.826. The van der Waals surface area contributed by atoms with Crippen LogP contribution >= 0.6 is 15.9 Å². The van der Waals surface area contributed by atoms with Crippen molar-refractivity contribution in [3.8, 4) is 17.6 Å². The first-order valence-electron chi connectivity index (χ1n) is 10.2. The van der Waals surface area contributed by atoms with E-state index in [0.29, 0.717) is 27.2 Å². The highest BCUT2D eigenvalue weighted by atomic mass is 79.9. The molecule has 0 heterocycles. The van der Waals surface area contributed by atoms with Gasteiger partial charge >= 0.3 is 0 Å². The van der Waals surface area contributed by atoms with E-state index >= 15 is 0 Å². The maximum atomic E-state index is 14.0. The van der Waals surface area contributed by atoms with Crippen molar-refractivity contribution < 1.29 is 23.5 Å². The molecule has 3 aromatic rings. The molecule has 0 spiro atoms. The fourth-order valence-electron chi connectivity index (χ4n) is 2.89. The predicted octanol–water partition coefficient (Wildman–Crippen LogP) is 4.56. The summed E-state index contributed by atoms with van der Waals surface area (Å²) in [5, 5.41) is 15.4. The lowest BCUT2D eigenvalue weighted by Crippen LogP contribution is -2.20. The summed E-state index contributed by atoms with van der Waals surface area (Å²) in [5.74, 6) is -1.28. The first-order chi connectivity index (χ1) is 16.8. The van der Waals surface area contributed by atoms with E-state index in [2.05, 4.69) is 31.8 Å². The molecule has 0 aliphatic rings. The zero-order valence-corrected chi connectivity index (χ0v) is 20.3. The molecule has 0 aromatic heterocycles. The minimum absolute atomic E-state index is 0.105. The highest BCUT2D eigenvalue weighted by Crippen LogP contribution is 2.33. The van der Waals surface area contributed by atoms with Gasteiger partial charge in [0.1, 0.15) is 5.82 Å². The van der Waals surface area contributed by atoms with Crippen LogP contribution in [0.4, 0.5) is 10.1 Å². The number of hydrazone groups is 1. The van der Waals surface area contributed by atoms with Gasteiger partial charge in [-0.1, -0.05) is 17.7 Å². The average Bonchev–Trinajstić information content (AvgIpc) is 2.84. The lowest BCUT2D eigenvalue weighted by atomic mass is 10.1. The van der Waals surface area contributed by atoms with Crippen LogP contribution in [0, 0.1) is 24.1 Å². The molecule has 0 saturated heterocycles. The Balaban J connectivity index is 1.64. The molecule has 0 atom stereocenters. The van der Waals surface area contributed by atoms with Gasteiger partial charge < -0.3 is 14.8 Å². The molecule has 2 amide bonds. The Morgan fingerprint density at radius 3 is 2.54 bits per heavy atom. The summed E-state index contributed by atoms with van der Waals surface area (Å²) in [6.45, 7) is 1.71. The maximum Gasteiger partial charge on any atom is 0.274 e. The number of anilines is 1. The average molecular weight is 539 g/mol. The third-order valence-electron chi connectivity index (χ3n) is 4.69. The predicted molar refractivity (Wildman–Crippen MR) is 132 cm³/mol. The van der Waals surface area contributed by atoms with E-state index in [-0.39, 0.29) is 23.6 Å². The second kappa shape index (κ2) is 11.8. The third kappa shape index (κ3) is 6.88. The number of ether oxygens (including phenoxy) is 2. The number of nitriles is 1. The summed E-state index contributed by atoms with van der Waals surface area (Å²) in [6.07, 6.45) is 1.33. The fraction of sp³-hybridized carbons (Fsp3) is 0.120. The van der Waals surface area contributed by atoms with Gasteiger partial charge in [-0.05, 0) is 65.3 Å². The zero-order chi connectivity index (χ0) is 25.4. The van der Waals surface area contributed by atoms with Crippen LogP contribution in [0.2, 0.25) is 0 Å². The topological polar surface area (TPSA) is 113 Å². The molecule has 3 rings (SSSR count). The standard InChI is InChI=1S/C25H20BrFN4O4/c1-15-3-6-18(7-4-15)30-24(32)14-35-23-11-20(26)17(10-22(23)34-2)13-29-31-25(33)19-8-5-16(12-28)9-21(19)27/h3-11,13H,14H2,1-2H3,(H,30,32)(H,31,33)/b29-13-. The molecule has 0 fully saturated rings. The van der Waals surface area contributed by atoms with E-state index in [1.165, 1.54) is 25.5 Å². The van der Waals surface area contributed by atoms with Crippen LogP contribution in [0.25, 0.3) is 0 Å². The van der Waals surface area contributed by atoms with Crippen molar-refractivity contribution in [1.82, 2.24) is 5.43 Å². The number of aryl methyl sites for hydroxylation is 1. The lowest BCUT2D eigenvalue weighted by Gasteiger charge is -2.13. The number of methoxy groups -OCH3 is 1. The van der Waals surface area contributed by atoms with Crippen molar-refractivity contribution >= 4 is 39.6 Å². The highest BCUT2D eigenvalue weighted by molar-refractivity contribution is 9.10. The second-order valence-electron chi connectivity index (χ2n) is 7.23. The number of carbonyl (C=O) groups is 2. The van der Waals surface area contributed by atoms with Gasteiger partial charge in [-0.3, -0.25) is 9.59 Å². The Labute approximate surface area is 209 Å². The number of nitrogens with one attached hydrogen (secondary N) is 2. The molecule has 10 heteroatoms. The first-order valence-corrected chi connectivity index (χ1v) is 11.0. The first kappa shape index (κ1) is 25.4. The molecule has 35 heavy (non-hydrogen) atoms. The monoisotopic (exact) mass is 538 g/mol. The molecular weight excluding hydrogens is 519 g/mol. The molecule has 3 aromatic carbocycles. The van der Waals surface area contributed by atoms with Gasteiger partial charge in [0.05, 0.1) is 30.5 Å². The van der Waals surface area contributed by atoms with Gasteiger partial charge in [-0.25, -0.2) is 9.82 Å². The summed E-state index contributed by atoms with van der Waals surface area (Å²) < 4.78 is 25.5. The number of amides is 2. The van der Waals surface area contributed by atoms with Crippen LogP contribution in [0.5, 0.6) is 11.5 Å². The molecule has 0 aliphatic carbocycles. The molecule has 0 radical (unpaired) electrons. The van der Waals surface area contributed by atoms with Crippen molar-refractivity contribution in [2.45, 2.75) is 6.92 Å². The third-order valence-corrected chi connectivity index (χ3v) is 5.38. The molecule has 0 saturated carbocycles. The number of nitrogens with zero attached hydrogens (tertiary/aromatic N) is 2. The van der Waals surface area contributed by atoms with Crippen molar-refractivity contribution in [2.24, 2.45) is 5.10 Å². The van der Waals surface area contributed by atoms with Crippen molar-refractivity contribution in [1.29, 1.82) is 5.26 Å². The smallest absolute Gasteiger partial charge is 0.274 e. The van der Waals surface area contributed by atoms with Crippen molar-refractivity contribution in [3.63, 3.8) is 0 Å². The Hall–Kier alpha value is -4.23. The van der Waals surface area contributed by atoms with Crippen LogP contribution in [0.3, 0.4) is 0 Å². The van der Waals surface area contributed by atoms with E-state index in [1.807, 2.05) is 19.1 Å². The number of hydrogen-bond donors (Lipinski definition) is 2. The van der Waals surface area contributed by atoms with Crippen LogP contribution < -0.4 is 20.2 Å². The molecule has 0 aliphatic heterocycles. The second-order valence-corrected chi connectivity index (χ2v) is 8.09. The van der Waals surface area contributed by atoms with Crippen molar-refractivity contribution in [2.75, 3.05) is 19.0 Å². The van der Waals surface area contributed by atoms with Crippen LogP contribution in [0.1, 0.15) is 27.0 Å². The quantitative estimate of drug-likeness (QED) is 0.322. The summed E-state index contributed by atoms with van der Waals surface area (Å²) in [4.78, 5) is 24.4. The van der Waals surface area contributed by atoms with Gasteiger partial charge in [-0.2, -0.15) is 10.4 Å². The molecule has 2 N–H and O–H groups in total. The Morgan fingerprint density at radius 1 is 1.14 bits per heavy atom. The van der Waals surface area contributed by atoms with Gasteiger partial charge in [0.2, 0.25) is 0 Å². The summed E-state index contributed by atoms with van der Waals surface area (Å²) in [6, 6.07) is 15.9. The Kier molecular flexibility index (Phi) is 8.53. The molecule has 0 unspecified atom stereocenters. The Bertz CT molecular complexity index is 1320. The lowest BCUT2D eigenvalue weighted by molar-refractivity contribution is -0.118. The molecule has 0 bridgehead atoms. The van der Waals surface area contributed by atoms with E-state index in [0.717, 1.165) is 11.6 Å². The Morgan fingerprint density at radius 2 is 1.89 bits per heavy atom. The van der Waals surface area contributed by atoms with Gasteiger partial charge in [-0.15, -0.1) is 0 Å². The van der Waals surface area contributed by atoms with Gasteiger partial charge in [0.25, 0.3) is 11.8 Å². The number of carbonyl (C=O) groups excluding carboxylic acids is 2. The molecule has 8 nitrogen and oxygen atoms in total. The van der Waals surface area contributed by atoms with Crippen LogP contribution in [-0.2, 0) is 4.79 Å². The van der Waals surface area contributed by atoms with Crippen LogP contribution in [0.15, 0.2) is 64.2 Å². The van der Waals surface area contributed by atoms with Gasteiger partial charge in [0, 0.05) is 15.7 Å². The number of benzene rings is 3.